The molecule has 0 spiro atoms. The number of rotatable bonds is 5. The minimum Gasteiger partial charge on any atom is -0.478 e. The second-order valence-corrected chi connectivity index (χ2v) is 7.62. The van der Waals surface area contributed by atoms with Gasteiger partial charge in [-0.3, -0.25) is 9.78 Å². The van der Waals surface area contributed by atoms with Crippen molar-refractivity contribution in [3.05, 3.63) is 72.1 Å². The molecule has 3 heterocycles. The highest BCUT2D eigenvalue weighted by Crippen LogP contribution is 2.34. The molecule has 1 N–H and O–H groups in total. The van der Waals surface area contributed by atoms with E-state index in [4.69, 9.17) is 4.74 Å². The number of ether oxygens (including phenoxy) is 1. The SMILES string of the molecule is O=C(NCc1ncc(Sc2cccc(C(F)(F)F)c2)cn1)C1Cc2ccncc2O1. The van der Waals surface area contributed by atoms with Crippen molar-refractivity contribution in [1.82, 2.24) is 20.3 Å². The summed E-state index contributed by atoms with van der Waals surface area (Å²) < 4.78 is 44.0. The number of nitrogens with one attached hydrogen (secondary N) is 1. The zero-order valence-electron chi connectivity index (χ0n) is 15.4. The fourth-order valence-corrected chi connectivity index (χ4v) is 3.68. The number of pyridine rings is 1. The molecule has 0 saturated heterocycles. The van der Waals surface area contributed by atoms with Crippen LogP contribution in [0.3, 0.4) is 0 Å². The van der Waals surface area contributed by atoms with E-state index >= 15 is 0 Å². The zero-order valence-corrected chi connectivity index (χ0v) is 16.2. The van der Waals surface area contributed by atoms with Crippen molar-refractivity contribution < 1.29 is 22.7 Å². The third-order valence-corrected chi connectivity index (χ3v) is 5.27. The van der Waals surface area contributed by atoms with Crippen molar-refractivity contribution in [2.45, 2.75) is 35.0 Å². The third-order valence-electron chi connectivity index (χ3n) is 4.34. The fourth-order valence-electron chi connectivity index (χ4n) is 2.86. The molecule has 2 aromatic heterocycles. The standard InChI is InChI=1S/C20H15F3N4O2S/c21-20(22,23)13-2-1-3-14(7-13)30-15-8-25-18(26-9-15)11-27-19(28)16-6-12-4-5-24-10-17(12)29-16/h1-5,7-10,16H,6,11H2,(H,27,28). The summed E-state index contributed by atoms with van der Waals surface area (Å²) in [5.74, 6) is 0.705. The summed E-state index contributed by atoms with van der Waals surface area (Å²) in [4.78, 5) is 25.6. The highest BCUT2D eigenvalue weighted by Gasteiger charge is 2.30. The average molecular weight is 432 g/mol. The van der Waals surface area contributed by atoms with Crippen molar-refractivity contribution in [1.29, 1.82) is 0 Å². The van der Waals surface area contributed by atoms with Crippen LogP contribution in [-0.2, 0) is 23.9 Å². The molecule has 0 fully saturated rings. The van der Waals surface area contributed by atoms with Gasteiger partial charge in [0, 0.05) is 40.4 Å². The molecule has 1 aliphatic heterocycles. The Labute approximate surface area is 173 Å². The summed E-state index contributed by atoms with van der Waals surface area (Å²) in [6.45, 7) is 0.113. The molecule has 1 aromatic carbocycles. The first-order valence-electron chi connectivity index (χ1n) is 8.92. The number of benzene rings is 1. The monoisotopic (exact) mass is 432 g/mol. The van der Waals surface area contributed by atoms with Gasteiger partial charge in [-0.1, -0.05) is 17.8 Å². The lowest BCUT2D eigenvalue weighted by molar-refractivity contribution is -0.137. The minimum atomic E-state index is -4.39. The van der Waals surface area contributed by atoms with E-state index in [9.17, 15) is 18.0 Å². The van der Waals surface area contributed by atoms with E-state index in [2.05, 4.69) is 20.3 Å². The Hall–Kier alpha value is -3.14. The van der Waals surface area contributed by atoms with E-state index in [0.29, 0.717) is 27.8 Å². The molecule has 0 aliphatic carbocycles. The van der Waals surface area contributed by atoms with Crippen molar-refractivity contribution >= 4 is 17.7 Å². The van der Waals surface area contributed by atoms with Crippen molar-refractivity contribution in [3.63, 3.8) is 0 Å². The van der Waals surface area contributed by atoms with Gasteiger partial charge in [-0.25, -0.2) is 9.97 Å². The van der Waals surface area contributed by atoms with Crippen LogP contribution in [0.1, 0.15) is 17.0 Å². The van der Waals surface area contributed by atoms with Crippen LogP contribution in [0.5, 0.6) is 5.75 Å². The number of halogens is 3. The number of hydrogen-bond acceptors (Lipinski definition) is 6. The Morgan fingerprint density at radius 2 is 1.97 bits per heavy atom. The van der Waals surface area contributed by atoms with E-state index in [1.54, 1.807) is 18.5 Å². The Bertz CT molecular complexity index is 1040. The van der Waals surface area contributed by atoms with Crippen LogP contribution in [-0.4, -0.2) is 27.0 Å². The lowest BCUT2D eigenvalue weighted by Crippen LogP contribution is -2.37. The molecule has 1 aliphatic rings. The lowest BCUT2D eigenvalue weighted by atomic mass is 10.1. The summed E-state index contributed by atoms with van der Waals surface area (Å²) in [5.41, 5.74) is 0.220. The van der Waals surface area contributed by atoms with Crippen LogP contribution in [0.15, 0.2) is 64.9 Å². The van der Waals surface area contributed by atoms with Crippen molar-refractivity contribution in [3.8, 4) is 5.75 Å². The number of amides is 1. The predicted octanol–water partition coefficient (Wildman–Crippen LogP) is 3.66. The number of alkyl halides is 3. The molecule has 4 rings (SSSR count). The van der Waals surface area contributed by atoms with Gasteiger partial charge in [0.2, 0.25) is 0 Å². The number of aromatic nitrogens is 3. The Balaban J connectivity index is 1.32. The molecule has 0 saturated carbocycles. The zero-order chi connectivity index (χ0) is 21.1. The van der Waals surface area contributed by atoms with Crippen molar-refractivity contribution in [2.24, 2.45) is 0 Å². The molecule has 1 amide bonds. The number of fused-ring (bicyclic) bond motifs is 1. The van der Waals surface area contributed by atoms with Gasteiger partial charge >= 0.3 is 6.18 Å². The second kappa shape index (κ2) is 8.31. The van der Waals surface area contributed by atoms with Gasteiger partial charge in [-0.05, 0) is 24.3 Å². The molecule has 0 radical (unpaired) electrons. The number of carbonyl (C=O) groups is 1. The molecule has 3 aromatic rings. The van der Waals surface area contributed by atoms with Gasteiger partial charge in [0.15, 0.2) is 6.10 Å². The molecular weight excluding hydrogens is 417 g/mol. The van der Waals surface area contributed by atoms with Crippen molar-refractivity contribution in [2.75, 3.05) is 0 Å². The van der Waals surface area contributed by atoms with Crippen LogP contribution >= 0.6 is 11.8 Å². The van der Waals surface area contributed by atoms with E-state index in [0.717, 1.165) is 29.5 Å². The highest BCUT2D eigenvalue weighted by atomic mass is 32.2. The minimum absolute atomic E-state index is 0.113. The average Bonchev–Trinajstić information content (AvgIpc) is 3.17. The summed E-state index contributed by atoms with van der Waals surface area (Å²) in [6.07, 6.45) is 1.69. The normalized spacial score (nSPS) is 15.4. The topological polar surface area (TPSA) is 77.0 Å². The lowest BCUT2D eigenvalue weighted by Gasteiger charge is -2.11. The molecule has 0 bridgehead atoms. The first-order chi connectivity index (χ1) is 14.4. The summed E-state index contributed by atoms with van der Waals surface area (Å²) in [7, 11) is 0. The Morgan fingerprint density at radius 3 is 2.70 bits per heavy atom. The van der Waals surface area contributed by atoms with Gasteiger partial charge < -0.3 is 10.1 Å². The largest absolute Gasteiger partial charge is 0.478 e. The van der Waals surface area contributed by atoms with Crippen LogP contribution in [0.4, 0.5) is 13.2 Å². The van der Waals surface area contributed by atoms with E-state index in [1.807, 2.05) is 6.07 Å². The number of hydrogen-bond donors (Lipinski definition) is 1. The smallest absolute Gasteiger partial charge is 0.416 e. The Kier molecular flexibility index (Phi) is 5.58. The Morgan fingerprint density at radius 1 is 1.17 bits per heavy atom. The summed E-state index contributed by atoms with van der Waals surface area (Å²) in [5, 5.41) is 2.73. The second-order valence-electron chi connectivity index (χ2n) is 6.47. The highest BCUT2D eigenvalue weighted by molar-refractivity contribution is 7.99. The molecular formula is C20H15F3N4O2S. The fraction of sp³-hybridized carbons (Fsp3) is 0.200. The molecule has 1 atom stereocenters. The number of nitrogens with zero attached hydrogens (tertiary/aromatic N) is 3. The number of carbonyl (C=O) groups excluding carboxylic acids is 1. The summed E-state index contributed by atoms with van der Waals surface area (Å²) in [6, 6.07) is 6.86. The first-order valence-corrected chi connectivity index (χ1v) is 9.73. The van der Waals surface area contributed by atoms with Crippen LogP contribution < -0.4 is 10.1 Å². The quantitative estimate of drug-likeness (QED) is 0.663. The molecule has 6 nitrogen and oxygen atoms in total. The van der Waals surface area contributed by atoms with Crippen LogP contribution in [0.2, 0.25) is 0 Å². The third kappa shape index (κ3) is 4.70. The van der Waals surface area contributed by atoms with Gasteiger partial charge in [-0.15, -0.1) is 0 Å². The summed E-state index contributed by atoms with van der Waals surface area (Å²) >= 11 is 1.13. The van der Waals surface area contributed by atoms with Gasteiger partial charge in [0.25, 0.3) is 5.91 Å². The molecule has 30 heavy (non-hydrogen) atoms. The molecule has 154 valence electrons. The molecule has 10 heteroatoms. The van der Waals surface area contributed by atoms with E-state index < -0.39 is 17.8 Å². The van der Waals surface area contributed by atoms with Gasteiger partial charge in [0.1, 0.15) is 11.6 Å². The van der Waals surface area contributed by atoms with E-state index in [1.165, 1.54) is 18.5 Å². The maximum absolute atomic E-state index is 12.8. The van der Waals surface area contributed by atoms with E-state index in [-0.39, 0.29) is 12.5 Å². The van der Waals surface area contributed by atoms with Crippen LogP contribution in [0.25, 0.3) is 0 Å². The maximum Gasteiger partial charge on any atom is 0.416 e. The van der Waals surface area contributed by atoms with Crippen LogP contribution in [0, 0.1) is 0 Å². The first kappa shape index (κ1) is 20.1. The predicted molar refractivity (Wildman–Crippen MR) is 102 cm³/mol. The maximum atomic E-state index is 12.8. The van der Waals surface area contributed by atoms with Gasteiger partial charge in [-0.2, -0.15) is 13.2 Å². The van der Waals surface area contributed by atoms with Gasteiger partial charge in [0.05, 0.1) is 18.3 Å². The molecule has 1 unspecified atom stereocenters.